The number of halogens is 1. The molecule has 1 aliphatic heterocycles. The number of nitrogens with one attached hydrogen (secondary N) is 1. The molecule has 3 aromatic carbocycles. The monoisotopic (exact) mass is 491 g/mol. The van der Waals surface area contributed by atoms with Gasteiger partial charge in [0.2, 0.25) is 10.0 Å². The van der Waals surface area contributed by atoms with Gasteiger partial charge in [0, 0.05) is 27.9 Å². The van der Waals surface area contributed by atoms with Crippen LogP contribution in [-0.2, 0) is 10.0 Å². The zero-order valence-electron chi connectivity index (χ0n) is 18.6. The molecule has 1 unspecified atom stereocenters. The van der Waals surface area contributed by atoms with Crippen LogP contribution in [0.15, 0.2) is 82.7 Å². The highest BCUT2D eigenvalue weighted by molar-refractivity contribution is 7.88. The van der Waals surface area contributed by atoms with Gasteiger partial charge in [-0.1, -0.05) is 71.8 Å². The number of aromatic amines is 1. The Balaban J connectivity index is 1.76. The largest absolute Gasteiger partial charge is 0.321 e. The molecule has 0 amide bonds. The minimum atomic E-state index is -3.68. The third-order valence-electron chi connectivity index (χ3n) is 6.00. The summed E-state index contributed by atoms with van der Waals surface area (Å²) in [4.78, 5) is 16.3. The number of aryl methyl sites for hydroxylation is 1. The van der Waals surface area contributed by atoms with Gasteiger partial charge in [0.15, 0.2) is 0 Å². The van der Waals surface area contributed by atoms with Crippen molar-refractivity contribution >= 4 is 38.2 Å². The molecule has 5 rings (SSSR count). The zero-order chi connectivity index (χ0) is 24.0. The van der Waals surface area contributed by atoms with Crippen molar-refractivity contribution in [3.8, 4) is 11.1 Å². The van der Waals surface area contributed by atoms with Gasteiger partial charge in [-0.2, -0.15) is 9.52 Å². The minimum Gasteiger partial charge on any atom is -0.321 e. The van der Waals surface area contributed by atoms with E-state index in [0.29, 0.717) is 27.4 Å². The summed E-state index contributed by atoms with van der Waals surface area (Å²) in [5.41, 5.74) is 4.47. The molecular formula is C26H22ClN3O3S. The lowest BCUT2D eigenvalue weighted by molar-refractivity contribution is 0.375. The molecule has 6 nitrogen and oxygen atoms in total. The maximum atomic E-state index is 13.4. The highest BCUT2D eigenvalue weighted by atomic mass is 35.5. The molecule has 0 saturated heterocycles. The van der Waals surface area contributed by atoms with E-state index in [0.717, 1.165) is 32.7 Å². The van der Waals surface area contributed by atoms with Gasteiger partial charge in [0.1, 0.15) is 0 Å². The molecular weight excluding hydrogens is 470 g/mol. The Morgan fingerprint density at radius 2 is 1.71 bits per heavy atom. The predicted molar refractivity (Wildman–Crippen MR) is 137 cm³/mol. The molecule has 34 heavy (non-hydrogen) atoms. The molecule has 0 bridgehead atoms. The van der Waals surface area contributed by atoms with Gasteiger partial charge in [-0.15, -0.1) is 0 Å². The van der Waals surface area contributed by atoms with Crippen molar-refractivity contribution in [2.45, 2.75) is 19.4 Å². The van der Waals surface area contributed by atoms with Crippen molar-refractivity contribution in [3.05, 3.63) is 105 Å². The summed E-state index contributed by atoms with van der Waals surface area (Å²) in [6, 6.07) is 22.0. The summed E-state index contributed by atoms with van der Waals surface area (Å²) in [7, 11) is -3.68. The third kappa shape index (κ3) is 4.02. The van der Waals surface area contributed by atoms with Crippen LogP contribution < -0.4 is 5.56 Å². The Bertz CT molecular complexity index is 1590. The molecule has 0 aliphatic carbocycles. The number of aromatic nitrogens is 1. The van der Waals surface area contributed by atoms with Crippen LogP contribution in [0.5, 0.6) is 0 Å². The second-order valence-corrected chi connectivity index (χ2v) is 10.7. The van der Waals surface area contributed by atoms with Gasteiger partial charge in [0.05, 0.1) is 23.6 Å². The molecule has 1 aromatic heterocycles. The van der Waals surface area contributed by atoms with E-state index in [1.54, 1.807) is 18.2 Å². The highest BCUT2D eigenvalue weighted by Gasteiger charge is 2.36. The standard InChI is InChI=1S/C26H22ClN3O3S/c1-16-8-10-17(11-9-16)23-15-22(29-30(23)34(2,32)33)25-24(18-6-4-3-5-7-18)20-14-19(27)12-13-21(20)28-26(25)31/h3-14,23H,15H2,1-2H3,(H,28,31). The lowest BCUT2D eigenvalue weighted by atomic mass is 9.91. The first-order valence-corrected chi connectivity index (χ1v) is 13.0. The number of hydrogen-bond donors (Lipinski definition) is 1. The van der Waals surface area contributed by atoms with Crippen LogP contribution in [0.4, 0.5) is 0 Å². The molecule has 1 atom stereocenters. The van der Waals surface area contributed by atoms with Gasteiger partial charge in [-0.05, 0) is 36.2 Å². The van der Waals surface area contributed by atoms with Gasteiger partial charge < -0.3 is 4.98 Å². The molecule has 0 radical (unpaired) electrons. The van der Waals surface area contributed by atoms with Crippen LogP contribution in [-0.4, -0.2) is 29.8 Å². The highest BCUT2D eigenvalue weighted by Crippen LogP contribution is 2.38. The van der Waals surface area contributed by atoms with Crippen LogP contribution >= 0.6 is 11.6 Å². The molecule has 172 valence electrons. The minimum absolute atomic E-state index is 0.269. The molecule has 0 saturated carbocycles. The van der Waals surface area contributed by atoms with E-state index in [2.05, 4.69) is 10.1 Å². The number of rotatable bonds is 4. The van der Waals surface area contributed by atoms with Crippen LogP contribution in [0.25, 0.3) is 22.0 Å². The Kier molecular flexibility index (Phi) is 5.54. The predicted octanol–water partition coefficient (Wildman–Crippen LogP) is 5.27. The van der Waals surface area contributed by atoms with Gasteiger partial charge in [-0.25, -0.2) is 8.42 Å². The second-order valence-electron chi connectivity index (χ2n) is 8.47. The fourth-order valence-electron chi connectivity index (χ4n) is 4.43. The number of hydrazone groups is 1. The molecule has 0 fully saturated rings. The number of sulfonamides is 1. The quantitative estimate of drug-likeness (QED) is 0.422. The summed E-state index contributed by atoms with van der Waals surface area (Å²) < 4.78 is 26.5. The summed E-state index contributed by atoms with van der Waals surface area (Å²) in [6.45, 7) is 1.97. The number of benzene rings is 3. The van der Waals surface area contributed by atoms with E-state index in [-0.39, 0.29) is 12.0 Å². The Morgan fingerprint density at radius 3 is 2.38 bits per heavy atom. The van der Waals surface area contributed by atoms with Crippen molar-refractivity contribution in [1.82, 2.24) is 9.40 Å². The average molecular weight is 492 g/mol. The first-order chi connectivity index (χ1) is 16.2. The number of pyridine rings is 1. The van der Waals surface area contributed by atoms with Crippen molar-refractivity contribution in [3.63, 3.8) is 0 Å². The molecule has 4 aromatic rings. The first kappa shape index (κ1) is 22.4. The van der Waals surface area contributed by atoms with Crippen LogP contribution in [0.1, 0.15) is 29.2 Å². The van der Waals surface area contributed by atoms with E-state index >= 15 is 0 Å². The normalized spacial score (nSPS) is 16.1. The smallest absolute Gasteiger partial charge is 0.258 e. The lowest BCUT2D eigenvalue weighted by Gasteiger charge is -2.21. The van der Waals surface area contributed by atoms with E-state index in [4.69, 9.17) is 11.6 Å². The first-order valence-electron chi connectivity index (χ1n) is 10.8. The van der Waals surface area contributed by atoms with E-state index < -0.39 is 16.1 Å². The second kappa shape index (κ2) is 8.42. The van der Waals surface area contributed by atoms with E-state index in [1.165, 1.54) is 0 Å². The number of fused-ring (bicyclic) bond motifs is 1. The SMILES string of the molecule is Cc1ccc(C2CC(c3c(-c4ccccc4)c4cc(Cl)ccc4[nH]c3=O)=NN2S(C)(=O)=O)cc1. The van der Waals surface area contributed by atoms with E-state index in [1.807, 2.05) is 61.5 Å². The molecule has 8 heteroatoms. The van der Waals surface area contributed by atoms with Crippen molar-refractivity contribution in [1.29, 1.82) is 0 Å². The van der Waals surface area contributed by atoms with Crippen LogP contribution in [0.3, 0.4) is 0 Å². The number of H-pyrrole nitrogens is 1. The lowest BCUT2D eigenvalue weighted by Crippen LogP contribution is -2.25. The van der Waals surface area contributed by atoms with Gasteiger partial charge in [-0.3, -0.25) is 4.79 Å². The molecule has 1 N–H and O–H groups in total. The molecule has 0 spiro atoms. The average Bonchev–Trinajstić information content (AvgIpc) is 3.25. The Labute approximate surface area is 202 Å². The van der Waals surface area contributed by atoms with Crippen LogP contribution in [0, 0.1) is 6.92 Å². The van der Waals surface area contributed by atoms with E-state index in [9.17, 15) is 13.2 Å². The number of nitrogens with zero attached hydrogens (tertiary/aromatic N) is 2. The summed E-state index contributed by atoms with van der Waals surface area (Å²) in [5, 5.41) is 5.79. The molecule has 2 heterocycles. The summed E-state index contributed by atoms with van der Waals surface area (Å²) in [5.74, 6) is 0. The maximum absolute atomic E-state index is 13.4. The fourth-order valence-corrected chi connectivity index (χ4v) is 5.50. The van der Waals surface area contributed by atoms with Gasteiger partial charge in [0.25, 0.3) is 5.56 Å². The Morgan fingerprint density at radius 1 is 1.00 bits per heavy atom. The van der Waals surface area contributed by atoms with Gasteiger partial charge >= 0.3 is 0 Å². The van der Waals surface area contributed by atoms with Crippen molar-refractivity contribution in [2.24, 2.45) is 5.10 Å². The summed E-state index contributed by atoms with van der Waals surface area (Å²) in [6.07, 6.45) is 1.40. The van der Waals surface area contributed by atoms with Crippen molar-refractivity contribution < 1.29 is 8.42 Å². The summed E-state index contributed by atoms with van der Waals surface area (Å²) >= 11 is 6.32. The van der Waals surface area contributed by atoms with Crippen molar-refractivity contribution in [2.75, 3.05) is 6.26 Å². The Hall–Kier alpha value is -3.42. The zero-order valence-corrected chi connectivity index (χ0v) is 20.2. The molecule has 1 aliphatic rings. The fraction of sp³-hybridized carbons (Fsp3) is 0.154. The maximum Gasteiger partial charge on any atom is 0.258 e. The number of hydrogen-bond acceptors (Lipinski definition) is 4. The third-order valence-corrected chi connectivity index (χ3v) is 7.25. The topological polar surface area (TPSA) is 82.6 Å². The van der Waals surface area contributed by atoms with Crippen LogP contribution in [0.2, 0.25) is 5.02 Å².